The number of furan rings is 1. The molecule has 0 amide bonds. The third-order valence-electron chi connectivity index (χ3n) is 2.45. The van der Waals surface area contributed by atoms with E-state index in [4.69, 9.17) is 4.42 Å². The van der Waals surface area contributed by atoms with Crippen molar-refractivity contribution in [2.45, 2.75) is 20.8 Å². The topological polar surface area (TPSA) is 30.2 Å². The molecule has 0 unspecified atom stereocenters. The number of hydrogen-bond acceptors (Lipinski definition) is 2. The van der Waals surface area contributed by atoms with Gasteiger partial charge in [-0.15, -0.1) is 0 Å². The minimum Gasteiger partial charge on any atom is -0.458 e. The number of benzene rings is 1. The molecule has 2 aromatic rings. The van der Waals surface area contributed by atoms with Crippen molar-refractivity contribution in [3.8, 4) is 0 Å². The molecule has 0 bridgehead atoms. The number of hydrogen-bond donors (Lipinski definition) is 0. The quantitative estimate of drug-likeness (QED) is 0.717. The molecule has 1 aromatic carbocycles. The summed E-state index contributed by atoms with van der Waals surface area (Å²) in [6.07, 6.45) is 0. The third kappa shape index (κ3) is 2.06. The second kappa shape index (κ2) is 3.97. The maximum absolute atomic E-state index is 12.1. The smallest absolute Gasteiger partial charge is 0.228 e. The minimum atomic E-state index is -0.0556. The Morgan fingerprint density at radius 1 is 1.00 bits per heavy atom. The van der Waals surface area contributed by atoms with Crippen LogP contribution in [0.1, 0.15) is 33.0 Å². The first-order chi connectivity index (χ1) is 7.56. The molecular weight excluding hydrogens is 200 g/mol. The number of rotatable bonds is 2. The van der Waals surface area contributed by atoms with Crippen molar-refractivity contribution < 1.29 is 9.21 Å². The van der Waals surface area contributed by atoms with Crippen LogP contribution in [-0.4, -0.2) is 5.78 Å². The van der Waals surface area contributed by atoms with E-state index in [0.29, 0.717) is 11.3 Å². The fourth-order valence-corrected chi connectivity index (χ4v) is 1.80. The lowest BCUT2D eigenvalue weighted by molar-refractivity contribution is 0.101. The first-order valence-electron chi connectivity index (χ1n) is 5.26. The lowest BCUT2D eigenvalue weighted by Crippen LogP contribution is -2.00. The summed E-state index contributed by atoms with van der Waals surface area (Å²) in [7, 11) is 0. The summed E-state index contributed by atoms with van der Waals surface area (Å²) in [5.41, 5.74) is 2.87. The van der Waals surface area contributed by atoms with Crippen LogP contribution in [0.4, 0.5) is 0 Å². The van der Waals surface area contributed by atoms with Crippen LogP contribution < -0.4 is 0 Å². The van der Waals surface area contributed by atoms with Crippen LogP contribution in [0.25, 0.3) is 0 Å². The van der Waals surface area contributed by atoms with E-state index in [0.717, 1.165) is 16.9 Å². The van der Waals surface area contributed by atoms with Crippen molar-refractivity contribution in [2.75, 3.05) is 0 Å². The van der Waals surface area contributed by atoms with Crippen LogP contribution in [0.2, 0.25) is 0 Å². The van der Waals surface area contributed by atoms with Gasteiger partial charge in [-0.2, -0.15) is 0 Å². The van der Waals surface area contributed by atoms with E-state index in [1.54, 1.807) is 12.1 Å². The molecule has 0 fully saturated rings. The van der Waals surface area contributed by atoms with Gasteiger partial charge in [0.25, 0.3) is 0 Å². The highest BCUT2D eigenvalue weighted by molar-refractivity contribution is 6.07. The van der Waals surface area contributed by atoms with Crippen LogP contribution in [0.15, 0.2) is 34.7 Å². The van der Waals surface area contributed by atoms with E-state index in [2.05, 4.69) is 0 Å². The molecule has 0 aliphatic carbocycles. The zero-order valence-electron chi connectivity index (χ0n) is 9.70. The summed E-state index contributed by atoms with van der Waals surface area (Å²) in [6, 6.07) is 9.33. The van der Waals surface area contributed by atoms with E-state index in [9.17, 15) is 4.79 Å². The molecule has 0 aliphatic rings. The molecular formula is C14H14O2. The molecule has 0 spiro atoms. The van der Waals surface area contributed by atoms with E-state index >= 15 is 0 Å². The number of carbonyl (C=O) groups is 1. The molecule has 0 aliphatic heterocycles. The molecule has 0 atom stereocenters. The fourth-order valence-electron chi connectivity index (χ4n) is 1.80. The Balaban J connectivity index is 2.41. The summed E-state index contributed by atoms with van der Waals surface area (Å²) in [5, 5.41) is 0. The Kier molecular flexibility index (Phi) is 2.65. The van der Waals surface area contributed by atoms with Gasteiger partial charge in [0.15, 0.2) is 5.76 Å². The van der Waals surface area contributed by atoms with Crippen molar-refractivity contribution in [3.63, 3.8) is 0 Å². The minimum absolute atomic E-state index is 0.0556. The van der Waals surface area contributed by atoms with Crippen molar-refractivity contribution >= 4 is 5.78 Å². The third-order valence-corrected chi connectivity index (χ3v) is 2.45. The van der Waals surface area contributed by atoms with Gasteiger partial charge in [0, 0.05) is 5.56 Å². The van der Waals surface area contributed by atoms with Gasteiger partial charge in [-0.1, -0.05) is 17.2 Å². The Bertz CT molecular complexity index is 515. The van der Waals surface area contributed by atoms with Gasteiger partial charge in [-0.3, -0.25) is 4.79 Å². The van der Waals surface area contributed by atoms with Gasteiger partial charge in [0.2, 0.25) is 5.78 Å². The van der Waals surface area contributed by atoms with Crippen LogP contribution in [0, 0.1) is 20.8 Å². The first kappa shape index (κ1) is 10.7. The Hall–Kier alpha value is -1.83. The number of ketones is 1. The molecule has 82 valence electrons. The number of carbonyl (C=O) groups excluding carboxylic acids is 1. The molecule has 16 heavy (non-hydrogen) atoms. The molecule has 0 N–H and O–H groups in total. The predicted molar refractivity (Wildman–Crippen MR) is 62.8 cm³/mol. The average molecular weight is 214 g/mol. The van der Waals surface area contributed by atoms with Gasteiger partial charge < -0.3 is 4.42 Å². The van der Waals surface area contributed by atoms with Crippen molar-refractivity contribution in [1.82, 2.24) is 0 Å². The summed E-state index contributed by atoms with van der Waals surface area (Å²) in [6.45, 7) is 5.80. The Morgan fingerprint density at radius 3 is 2.12 bits per heavy atom. The normalized spacial score (nSPS) is 10.4. The second-order valence-electron chi connectivity index (χ2n) is 4.12. The molecule has 0 saturated heterocycles. The Labute approximate surface area is 94.9 Å². The van der Waals surface area contributed by atoms with E-state index < -0.39 is 0 Å². The largest absolute Gasteiger partial charge is 0.458 e. The maximum Gasteiger partial charge on any atom is 0.228 e. The highest BCUT2D eigenvalue weighted by atomic mass is 16.3. The molecule has 2 heteroatoms. The molecule has 0 radical (unpaired) electrons. The van der Waals surface area contributed by atoms with Crippen molar-refractivity contribution in [3.05, 3.63) is 58.5 Å². The van der Waals surface area contributed by atoms with Gasteiger partial charge in [0.1, 0.15) is 5.76 Å². The summed E-state index contributed by atoms with van der Waals surface area (Å²) >= 11 is 0. The monoisotopic (exact) mass is 214 g/mol. The van der Waals surface area contributed by atoms with Gasteiger partial charge >= 0.3 is 0 Å². The van der Waals surface area contributed by atoms with Crippen molar-refractivity contribution in [1.29, 1.82) is 0 Å². The Morgan fingerprint density at radius 2 is 1.62 bits per heavy atom. The lowest BCUT2D eigenvalue weighted by atomic mass is 10.0. The van der Waals surface area contributed by atoms with E-state index in [-0.39, 0.29) is 5.78 Å². The van der Waals surface area contributed by atoms with Gasteiger partial charge in [-0.05, 0) is 45.0 Å². The highest BCUT2D eigenvalue weighted by Crippen LogP contribution is 2.15. The van der Waals surface area contributed by atoms with Gasteiger partial charge in [-0.25, -0.2) is 0 Å². The second-order valence-corrected chi connectivity index (χ2v) is 4.12. The summed E-state index contributed by atoms with van der Waals surface area (Å²) in [4.78, 5) is 12.1. The molecule has 2 rings (SSSR count). The predicted octanol–water partition coefficient (Wildman–Crippen LogP) is 3.44. The fraction of sp³-hybridized carbons (Fsp3) is 0.214. The van der Waals surface area contributed by atoms with Crippen LogP contribution >= 0.6 is 0 Å². The molecule has 1 aromatic heterocycles. The first-order valence-corrected chi connectivity index (χ1v) is 5.26. The maximum atomic E-state index is 12.1. The van der Waals surface area contributed by atoms with Crippen LogP contribution in [0.5, 0.6) is 0 Å². The summed E-state index contributed by atoms with van der Waals surface area (Å²) < 4.78 is 5.33. The average Bonchev–Trinajstić information content (AvgIpc) is 2.62. The standard InChI is InChI=1S/C14H14O2/c1-9-6-10(2)8-12(7-9)14(15)13-5-4-11(3)16-13/h4-8H,1-3H3. The van der Waals surface area contributed by atoms with Gasteiger partial charge in [0.05, 0.1) is 0 Å². The molecule has 2 nitrogen and oxygen atoms in total. The van der Waals surface area contributed by atoms with Crippen LogP contribution in [-0.2, 0) is 0 Å². The number of aryl methyl sites for hydroxylation is 3. The van der Waals surface area contributed by atoms with Crippen LogP contribution in [0.3, 0.4) is 0 Å². The lowest BCUT2D eigenvalue weighted by Gasteiger charge is -2.02. The molecule has 1 heterocycles. The van der Waals surface area contributed by atoms with E-state index in [1.807, 2.05) is 39.0 Å². The molecule has 0 saturated carbocycles. The summed E-state index contributed by atoms with van der Waals surface area (Å²) in [5.74, 6) is 1.11. The zero-order valence-corrected chi connectivity index (χ0v) is 9.70. The van der Waals surface area contributed by atoms with E-state index in [1.165, 1.54) is 0 Å². The zero-order chi connectivity index (χ0) is 11.7. The van der Waals surface area contributed by atoms with Crippen molar-refractivity contribution in [2.24, 2.45) is 0 Å². The highest BCUT2D eigenvalue weighted by Gasteiger charge is 2.13. The SMILES string of the molecule is Cc1cc(C)cc(C(=O)c2ccc(C)o2)c1.